The molecule has 1 aromatic carbocycles. The fourth-order valence-corrected chi connectivity index (χ4v) is 3.06. The van der Waals surface area contributed by atoms with Crippen LogP contribution < -0.4 is 10.6 Å². The van der Waals surface area contributed by atoms with Gasteiger partial charge >= 0.3 is 0 Å². The number of rotatable bonds is 10. The molecule has 0 spiro atoms. The Hall–Kier alpha value is -1.65. The third-order valence-electron chi connectivity index (χ3n) is 4.55. The number of halogens is 1. The highest BCUT2D eigenvalue weighted by atomic mass is 127. The lowest BCUT2D eigenvalue weighted by molar-refractivity contribution is 0.0168. The van der Waals surface area contributed by atoms with E-state index in [0.717, 1.165) is 62.8 Å². The van der Waals surface area contributed by atoms with Gasteiger partial charge in [0.05, 0.1) is 24.9 Å². The highest BCUT2D eigenvalue weighted by Crippen LogP contribution is 2.12. The number of guanidine groups is 1. The molecule has 29 heavy (non-hydrogen) atoms. The molecular weight excluding hydrogens is 481 g/mol. The van der Waals surface area contributed by atoms with Gasteiger partial charge in [-0.3, -0.25) is 0 Å². The molecule has 0 saturated carbocycles. The minimum atomic E-state index is 0. The zero-order valence-corrected chi connectivity index (χ0v) is 19.4. The van der Waals surface area contributed by atoms with Crippen LogP contribution in [0.4, 0.5) is 0 Å². The number of hydrogen-bond donors (Lipinski definition) is 2. The van der Waals surface area contributed by atoms with Gasteiger partial charge in [-0.15, -0.1) is 24.0 Å². The first-order chi connectivity index (χ1) is 13.8. The first-order valence-corrected chi connectivity index (χ1v) is 10.2. The Bertz CT molecular complexity index is 700. The van der Waals surface area contributed by atoms with E-state index in [9.17, 15) is 0 Å². The van der Waals surface area contributed by atoms with Crippen molar-refractivity contribution in [2.24, 2.45) is 4.99 Å². The summed E-state index contributed by atoms with van der Waals surface area (Å²) in [6, 6.07) is 10.2. The normalized spacial score (nSPS) is 16.4. The van der Waals surface area contributed by atoms with Crippen molar-refractivity contribution in [1.29, 1.82) is 0 Å². The van der Waals surface area contributed by atoms with E-state index in [2.05, 4.69) is 51.9 Å². The Labute approximate surface area is 190 Å². The van der Waals surface area contributed by atoms with Crippen LogP contribution in [-0.2, 0) is 16.0 Å². The lowest BCUT2D eigenvalue weighted by atomic mass is 10.2. The second kappa shape index (κ2) is 13.6. The lowest BCUT2D eigenvalue weighted by Crippen LogP contribution is -2.38. The summed E-state index contributed by atoms with van der Waals surface area (Å²) in [4.78, 5) is 4.67. The van der Waals surface area contributed by atoms with Crippen molar-refractivity contribution in [3.05, 3.63) is 48.3 Å². The quantitative estimate of drug-likeness (QED) is 0.221. The summed E-state index contributed by atoms with van der Waals surface area (Å²) >= 11 is 0. The van der Waals surface area contributed by atoms with Crippen LogP contribution in [0.2, 0.25) is 0 Å². The monoisotopic (exact) mass is 513 g/mol. The minimum Gasteiger partial charge on any atom is -0.379 e. The molecule has 0 amide bonds. The van der Waals surface area contributed by atoms with Gasteiger partial charge in [-0.25, -0.2) is 9.67 Å². The Morgan fingerprint density at radius 1 is 1.31 bits per heavy atom. The Balaban J connectivity index is 0.00000300. The summed E-state index contributed by atoms with van der Waals surface area (Å²) in [7, 11) is 0. The molecule has 0 radical (unpaired) electrons. The van der Waals surface area contributed by atoms with Gasteiger partial charge in [0.25, 0.3) is 0 Å². The maximum absolute atomic E-state index is 5.70. The average molecular weight is 513 g/mol. The van der Waals surface area contributed by atoms with Crippen molar-refractivity contribution in [1.82, 2.24) is 20.4 Å². The Kier molecular flexibility index (Phi) is 11.0. The highest BCUT2D eigenvalue weighted by Gasteiger charge is 2.14. The predicted octanol–water partition coefficient (Wildman–Crippen LogP) is 3.13. The fraction of sp³-hybridized carbons (Fsp3) is 0.524. The molecule has 160 valence electrons. The van der Waals surface area contributed by atoms with Crippen LogP contribution in [0.15, 0.2) is 47.7 Å². The van der Waals surface area contributed by atoms with Crippen molar-refractivity contribution in [2.45, 2.75) is 38.8 Å². The molecule has 0 bridgehead atoms. The molecule has 3 rings (SSSR count). The van der Waals surface area contributed by atoms with E-state index in [4.69, 9.17) is 9.47 Å². The van der Waals surface area contributed by atoms with Crippen molar-refractivity contribution in [3.63, 3.8) is 0 Å². The SMILES string of the molecule is CCNC(=NCc1ccc(-n2cccn2)cc1)NCCCOCC1CCCO1.I. The molecule has 0 aliphatic carbocycles. The molecule has 2 N–H and O–H groups in total. The van der Waals surface area contributed by atoms with Crippen LogP contribution in [0, 0.1) is 0 Å². The molecule has 1 saturated heterocycles. The van der Waals surface area contributed by atoms with Gasteiger partial charge in [0.15, 0.2) is 5.96 Å². The molecule has 1 unspecified atom stereocenters. The fourth-order valence-electron chi connectivity index (χ4n) is 3.06. The van der Waals surface area contributed by atoms with Gasteiger partial charge < -0.3 is 20.1 Å². The van der Waals surface area contributed by atoms with Crippen LogP contribution >= 0.6 is 24.0 Å². The molecule has 2 aromatic rings. The second-order valence-corrected chi connectivity index (χ2v) is 6.80. The van der Waals surface area contributed by atoms with Gasteiger partial charge in [0.2, 0.25) is 0 Å². The first kappa shape index (κ1) is 23.6. The maximum Gasteiger partial charge on any atom is 0.191 e. The smallest absolute Gasteiger partial charge is 0.191 e. The number of aliphatic imine (C=N–C) groups is 1. The number of aromatic nitrogens is 2. The number of hydrogen-bond acceptors (Lipinski definition) is 4. The molecule has 2 heterocycles. The van der Waals surface area contributed by atoms with E-state index in [-0.39, 0.29) is 24.0 Å². The van der Waals surface area contributed by atoms with Gasteiger partial charge in [-0.2, -0.15) is 5.10 Å². The zero-order valence-electron chi connectivity index (χ0n) is 17.0. The molecule has 1 atom stereocenters. The third kappa shape index (κ3) is 8.31. The number of nitrogens with zero attached hydrogens (tertiary/aromatic N) is 3. The van der Waals surface area contributed by atoms with Crippen molar-refractivity contribution in [3.8, 4) is 5.69 Å². The van der Waals surface area contributed by atoms with E-state index < -0.39 is 0 Å². The summed E-state index contributed by atoms with van der Waals surface area (Å²) in [5.41, 5.74) is 2.21. The summed E-state index contributed by atoms with van der Waals surface area (Å²) in [6.45, 7) is 6.69. The van der Waals surface area contributed by atoms with E-state index in [1.54, 1.807) is 6.20 Å². The second-order valence-electron chi connectivity index (χ2n) is 6.80. The van der Waals surface area contributed by atoms with Crippen LogP contribution in [0.1, 0.15) is 31.7 Å². The van der Waals surface area contributed by atoms with E-state index >= 15 is 0 Å². The number of benzene rings is 1. The van der Waals surface area contributed by atoms with Crippen molar-refractivity contribution >= 4 is 29.9 Å². The topological polar surface area (TPSA) is 72.7 Å². The van der Waals surface area contributed by atoms with Crippen molar-refractivity contribution in [2.75, 3.05) is 32.9 Å². The third-order valence-corrected chi connectivity index (χ3v) is 4.55. The standard InChI is InChI=1S/C21H31N5O2.HI/c1-2-22-21(23-11-5-14-27-17-20-6-3-15-28-20)24-16-18-7-9-19(10-8-18)26-13-4-12-25-26;/h4,7-10,12-13,20H,2-3,5-6,11,14-17H2,1H3,(H2,22,23,24);1H. The van der Waals surface area contributed by atoms with Crippen LogP contribution in [0.3, 0.4) is 0 Å². The minimum absolute atomic E-state index is 0. The Morgan fingerprint density at radius 2 is 2.17 bits per heavy atom. The number of ether oxygens (including phenoxy) is 2. The van der Waals surface area contributed by atoms with Gasteiger partial charge in [0, 0.05) is 38.7 Å². The van der Waals surface area contributed by atoms with Gasteiger partial charge in [0.1, 0.15) is 0 Å². The first-order valence-electron chi connectivity index (χ1n) is 10.2. The largest absolute Gasteiger partial charge is 0.379 e. The molecule has 1 aromatic heterocycles. The molecule has 1 fully saturated rings. The average Bonchev–Trinajstić information content (AvgIpc) is 3.43. The summed E-state index contributed by atoms with van der Waals surface area (Å²) in [6.07, 6.45) is 7.23. The number of nitrogens with one attached hydrogen (secondary N) is 2. The van der Waals surface area contributed by atoms with E-state index in [0.29, 0.717) is 19.3 Å². The molecule has 7 nitrogen and oxygen atoms in total. The maximum atomic E-state index is 5.70. The van der Waals surface area contributed by atoms with Gasteiger partial charge in [-0.05, 0) is 49.9 Å². The van der Waals surface area contributed by atoms with Crippen LogP contribution in [0.25, 0.3) is 5.69 Å². The van der Waals surface area contributed by atoms with Crippen LogP contribution in [0.5, 0.6) is 0 Å². The molecule has 1 aliphatic rings. The van der Waals surface area contributed by atoms with Gasteiger partial charge in [-0.1, -0.05) is 12.1 Å². The molecular formula is C21H32IN5O2. The molecule has 8 heteroatoms. The highest BCUT2D eigenvalue weighted by molar-refractivity contribution is 14.0. The summed E-state index contributed by atoms with van der Waals surface area (Å²) < 4.78 is 13.1. The van der Waals surface area contributed by atoms with Crippen molar-refractivity contribution < 1.29 is 9.47 Å². The van der Waals surface area contributed by atoms with E-state index in [1.165, 1.54) is 0 Å². The summed E-state index contributed by atoms with van der Waals surface area (Å²) in [5, 5.41) is 10.9. The summed E-state index contributed by atoms with van der Waals surface area (Å²) in [5.74, 6) is 0.831. The van der Waals surface area contributed by atoms with Crippen LogP contribution in [-0.4, -0.2) is 54.8 Å². The predicted molar refractivity (Wildman–Crippen MR) is 126 cm³/mol. The molecule has 1 aliphatic heterocycles. The van der Waals surface area contributed by atoms with E-state index in [1.807, 2.05) is 16.9 Å². The Morgan fingerprint density at radius 3 is 2.86 bits per heavy atom. The zero-order chi connectivity index (χ0) is 19.4. The lowest BCUT2D eigenvalue weighted by Gasteiger charge is -2.13.